The minimum absolute atomic E-state index is 0.208. The molecule has 5 heteroatoms. The molecule has 1 rings (SSSR count). The van der Waals surface area contributed by atoms with Crippen LogP contribution in [0.25, 0.3) is 0 Å². The zero-order chi connectivity index (χ0) is 13.1. The van der Waals surface area contributed by atoms with Crippen LogP contribution in [0.3, 0.4) is 0 Å². The lowest BCUT2D eigenvalue weighted by Crippen LogP contribution is -2.41. The van der Waals surface area contributed by atoms with Crippen molar-refractivity contribution in [2.45, 2.75) is 38.1 Å². The van der Waals surface area contributed by atoms with Crippen molar-refractivity contribution in [3.05, 3.63) is 0 Å². The molecule has 106 valence electrons. The van der Waals surface area contributed by atoms with Crippen molar-refractivity contribution in [2.24, 2.45) is 0 Å². The van der Waals surface area contributed by atoms with Gasteiger partial charge in [0.15, 0.2) is 0 Å². The molecule has 0 radical (unpaired) electrons. The number of hydrogen-bond acceptors (Lipinski definition) is 4. The van der Waals surface area contributed by atoms with Crippen LogP contribution in [-0.4, -0.2) is 48.6 Å². The summed E-state index contributed by atoms with van der Waals surface area (Å²) in [4.78, 5) is 11.7. The normalized spacial score (nSPS) is 19.7. The van der Waals surface area contributed by atoms with Crippen LogP contribution in [-0.2, 0) is 4.79 Å². The van der Waals surface area contributed by atoms with E-state index in [1.54, 1.807) is 0 Å². The standard InChI is InChI=1S/C13H26N2OS2/c1-17-8-5-3-2-4-6-15-13(16)10-12-11-18-9-7-14-12/h12,14H,2-11H2,1H3,(H,15,16). The smallest absolute Gasteiger partial charge is 0.221 e. The van der Waals surface area contributed by atoms with E-state index in [-0.39, 0.29) is 5.91 Å². The fourth-order valence-electron chi connectivity index (χ4n) is 2.00. The van der Waals surface area contributed by atoms with Gasteiger partial charge in [0.05, 0.1) is 0 Å². The van der Waals surface area contributed by atoms with E-state index < -0.39 is 0 Å². The molecule has 0 aliphatic carbocycles. The predicted octanol–water partition coefficient (Wildman–Crippen LogP) is 2.12. The summed E-state index contributed by atoms with van der Waals surface area (Å²) in [6.07, 6.45) is 7.73. The average Bonchev–Trinajstić information content (AvgIpc) is 2.39. The summed E-state index contributed by atoms with van der Waals surface area (Å²) >= 11 is 3.85. The van der Waals surface area contributed by atoms with E-state index >= 15 is 0 Å². The Kier molecular flexibility index (Phi) is 9.89. The number of carbonyl (C=O) groups excluding carboxylic acids is 1. The molecule has 1 atom stereocenters. The zero-order valence-electron chi connectivity index (χ0n) is 11.4. The Morgan fingerprint density at radius 2 is 2.22 bits per heavy atom. The third-order valence-electron chi connectivity index (χ3n) is 3.03. The fraction of sp³-hybridized carbons (Fsp3) is 0.923. The molecule has 1 unspecified atom stereocenters. The van der Waals surface area contributed by atoms with Crippen molar-refractivity contribution in [1.29, 1.82) is 0 Å². The topological polar surface area (TPSA) is 41.1 Å². The Morgan fingerprint density at radius 1 is 1.39 bits per heavy atom. The maximum absolute atomic E-state index is 11.7. The van der Waals surface area contributed by atoms with Crippen LogP contribution in [0, 0.1) is 0 Å². The summed E-state index contributed by atoms with van der Waals surface area (Å²) in [5, 5.41) is 6.42. The molecular formula is C13H26N2OS2. The van der Waals surface area contributed by atoms with Crippen molar-refractivity contribution in [3.63, 3.8) is 0 Å². The summed E-state index contributed by atoms with van der Waals surface area (Å²) in [5.74, 6) is 3.72. The molecule has 1 saturated heterocycles. The molecule has 3 nitrogen and oxygen atoms in total. The van der Waals surface area contributed by atoms with Crippen LogP contribution in [0.1, 0.15) is 32.1 Å². The van der Waals surface area contributed by atoms with Gasteiger partial charge >= 0.3 is 0 Å². The van der Waals surface area contributed by atoms with Gasteiger partial charge in [-0.25, -0.2) is 0 Å². The van der Waals surface area contributed by atoms with E-state index in [0.29, 0.717) is 12.5 Å². The van der Waals surface area contributed by atoms with Gasteiger partial charge < -0.3 is 10.6 Å². The van der Waals surface area contributed by atoms with Crippen molar-refractivity contribution in [3.8, 4) is 0 Å². The maximum Gasteiger partial charge on any atom is 0.221 e. The van der Waals surface area contributed by atoms with E-state index in [1.165, 1.54) is 30.8 Å². The molecule has 18 heavy (non-hydrogen) atoms. The first-order chi connectivity index (χ1) is 8.83. The molecule has 1 aliphatic heterocycles. The van der Waals surface area contributed by atoms with Crippen molar-refractivity contribution >= 4 is 29.4 Å². The maximum atomic E-state index is 11.7. The van der Waals surface area contributed by atoms with Crippen LogP contribution < -0.4 is 10.6 Å². The largest absolute Gasteiger partial charge is 0.356 e. The highest BCUT2D eigenvalue weighted by molar-refractivity contribution is 7.99. The molecule has 1 heterocycles. The Hall–Kier alpha value is 0.130. The van der Waals surface area contributed by atoms with Crippen molar-refractivity contribution < 1.29 is 4.79 Å². The lowest BCUT2D eigenvalue weighted by atomic mass is 10.2. The highest BCUT2D eigenvalue weighted by Crippen LogP contribution is 2.10. The average molecular weight is 290 g/mol. The Morgan fingerprint density at radius 3 is 2.94 bits per heavy atom. The third-order valence-corrected chi connectivity index (χ3v) is 4.86. The van der Waals surface area contributed by atoms with Gasteiger partial charge in [-0.3, -0.25) is 4.79 Å². The van der Waals surface area contributed by atoms with Gasteiger partial charge in [-0.1, -0.05) is 12.8 Å². The number of rotatable bonds is 9. The molecule has 0 aromatic rings. The summed E-state index contributed by atoms with van der Waals surface area (Å²) in [6.45, 7) is 1.88. The number of nitrogens with one attached hydrogen (secondary N) is 2. The van der Waals surface area contributed by atoms with Gasteiger partial charge in [0.1, 0.15) is 0 Å². The molecule has 1 fully saturated rings. The summed E-state index contributed by atoms with van der Waals surface area (Å²) < 4.78 is 0. The highest BCUT2D eigenvalue weighted by Gasteiger charge is 2.15. The summed E-state index contributed by atoms with van der Waals surface area (Å²) in [5.41, 5.74) is 0. The minimum atomic E-state index is 0.208. The first-order valence-corrected chi connectivity index (χ1v) is 9.44. The molecule has 0 aromatic carbocycles. The van der Waals surface area contributed by atoms with Gasteiger partial charge in [-0.05, 0) is 24.9 Å². The van der Waals surface area contributed by atoms with Crippen LogP contribution >= 0.6 is 23.5 Å². The second-order valence-electron chi connectivity index (χ2n) is 4.69. The minimum Gasteiger partial charge on any atom is -0.356 e. The van der Waals surface area contributed by atoms with Gasteiger partial charge in [0.25, 0.3) is 0 Å². The number of thioether (sulfide) groups is 2. The van der Waals surface area contributed by atoms with Crippen LogP contribution in [0.15, 0.2) is 0 Å². The van der Waals surface area contributed by atoms with Crippen LogP contribution in [0.5, 0.6) is 0 Å². The summed E-state index contributed by atoms with van der Waals surface area (Å²) in [7, 11) is 0. The summed E-state index contributed by atoms with van der Waals surface area (Å²) in [6, 6.07) is 0.380. The van der Waals surface area contributed by atoms with Gasteiger partial charge in [-0.2, -0.15) is 23.5 Å². The quantitative estimate of drug-likeness (QED) is 0.638. The van der Waals surface area contributed by atoms with Crippen molar-refractivity contribution in [1.82, 2.24) is 10.6 Å². The van der Waals surface area contributed by atoms with Gasteiger partial charge in [0, 0.05) is 37.1 Å². The monoisotopic (exact) mass is 290 g/mol. The number of hydrogen-bond donors (Lipinski definition) is 2. The first kappa shape index (κ1) is 16.2. The lowest BCUT2D eigenvalue weighted by molar-refractivity contribution is -0.121. The molecular weight excluding hydrogens is 264 g/mol. The van der Waals surface area contributed by atoms with Crippen LogP contribution in [0.2, 0.25) is 0 Å². The third kappa shape index (κ3) is 8.27. The van der Waals surface area contributed by atoms with E-state index in [9.17, 15) is 4.79 Å². The van der Waals surface area contributed by atoms with E-state index in [2.05, 4.69) is 16.9 Å². The van der Waals surface area contributed by atoms with Crippen LogP contribution in [0.4, 0.5) is 0 Å². The number of carbonyl (C=O) groups is 1. The van der Waals surface area contributed by atoms with E-state index in [4.69, 9.17) is 0 Å². The molecule has 0 bridgehead atoms. The Balaban J connectivity index is 1.90. The molecule has 1 aliphatic rings. The zero-order valence-corrected chi connectivity index (χ0v) is 13.0. The highest BCUT2D eigenvalue weighted by atomic mass is 32.2. The number of amides is 1. The SMILES string of the molecule is CSCCCCCCNC(=O)CC1CSCCN1. The lowest BCUT2D eigenvalue weighted by Gasteiger charge is -2.22. The molecule has 0 saturated carbocycles. The van der Waals surface area contributed by atoms with Crippen molar-refractivity contribution in [2.75, 3.05) is 36.6 Å². The van der Waals surface area contributed by atoms with Gasteiger partial charge in [0.2, 0.25) is 5.91 Å². The Bertz CT molecular complexity index is 221. The predicted molar refractivity (Wildman–Crippen MR) is 83.6 cm³/mol. The molecule has 1 amide bonds. The molecule has 2 N–H and O–H groups in total. The second-order valence-corrected chi connectivity index (χ2v) is 6.82. The van der Waals surface area contributed by atoms with E-state index in [1.807, 2.05) is 23.5 Å². The van der Waals surface area contributed by atoms with Gasteiger partial charge in [-0.15, -0.1) is 0 Å². The molecule has 0 spiro atoms. The first-order valence-electron chi connectivity index (χ1n) is 6.89. The second kappa shape index (κ2) is 11.0. The van der Waals surface area contributed by atoms with E-state index in [0.717, 1.165) is 25.3 Å². The molecule has 0 aromatic heterocycles. The number of unbranched alkanes of at least 4 members (excludes halogenated alkanes) is 3. The fourth-order valence-corrected chi connectivity index (χ4v) is 3.44. The Labute approximate surface area is 120 Å².